The predicted octanol–water partition coefficient (Wildman–Crippen LogP) is 2.91. The zero-order valence-corrected chi connectivity index (χ0v) is 12.3. The Bertz CT molecular complexity index is 463. The van der Waals surface area contributed by atoms with Crippen molar-refractivity contribution in [3.8, 4) is 0 Å². The van der Waals surface area contributed by atoms with Crippen LogP contribution in [-0.4, -0.2) is 25.4 Å². The van der Waals surface area contributed by atoms with Crippen molar-refractivity contribution in [1.82, 2.24) is 0 Å². The lowest BCUT2D eigenvalue weighted by molar-refractivity contribution is 0.183. The molecular weight excluding hydrogens is 260 g/mol. The molecule has 1 aromatic rings. The fourth-order valence-electron chi connectivity index (χ4n) is 1.91. The molecule has 1 unspecified atom stereocenters. The molecule has 0 aliphatic rings. The van der Waals surface area contributed by atoms with Gasteiger partial charge in [0.25, 0.3) is 0 Å². The van der Waals surface area contributed by atoms with Crippen LogP contribution in [0, 0.1) is 13.8 Å². The molecule has 0 amide bonds. The maximum absolute atomic E-state index is 12.1. The molecule has 0 bridgehead atoms. The van der Waals surface area contributed by atoms with E-state index >= 15 is 0 Å². The van der Waals surface area contributed by atoms with Gasteiger partial charge in [0, 0.05) is 0 Å². The standard InChI is InChI=1S/C15H23O3S/c1-3-4-5-6-7-14(16)12-19(17,18)15-10-8-13(2)9-11-15/h8-11,14,16H,1,3-7,12H2,2H3/q+1. The molecule has 0 aliphatic heterocycles. The van der Waals surface area contributed by atoms with Crippen LogP contribution in [0.3, 0.4) is 0 Å². The second-order valence-electron chi connectivity index (χ2n) is 4.95. The lowest BCUT2D eigenvalue weighted by Crippen LogP contribution is -2.21. The Labute approximate surface area is 116 Å². The fourth-order valence-corrected chi connectivity index (χ4v) is 3.33. The zero-order chi connectivity index (χ0) is 14.3. The van der Waals surface area contributed by atoms with Gasteiger partial charge in [-0.2, -0.15) is 0 Å². The molecular formula is C15H23O3S+. The minimum absolute atomic E-state index is 0.194. The van der Waals surface area contributed by atoms with Crippen molar-refractivity contribution in [2.75, 3.05) is 5.75 Å². The Morgan fingerprint density at radius 3 is 2.37 bits per heavy atom. The van der Waals surface area contributed by atoms with Gasteiger partial charge in [-0.15, -0.1) is 0 Å². The van der Waals surface area contributed by atoms with Crippen LogP contribution in [0.25, 0.3) is 0 Å². The Morgan fingerprint density at radius 1 is 1.16 bits per heavy atom. The summed E-state index contributed by atoms with van der Waals surface area (Å²) >= 11 is 0. The minimum atomic E-state index is -3.38. The highest BCUT2D eigenvalue weighted by atomic mass is 32.2. The molecule has 1 N–H and O–H groups in total. The average Bonchev–Trinajstić information content (AvgIpc) is 2.34. The van der Waals surface area contributed by atoms with E-state index < -0.39 is 15.9 Å². The van der Waals surface area contributed by atoms with Gasteiger partial charge in [-0.3, -0.25) is 0 Å². The van der Waals surface area contributed by atoms with Gasteiger partial charge >= 0.3 is 0 Å². The summed E-state index contributed by atoms with van der Waals surface area (Å²) < 4.78 is 24.1. The molecule has 0 heterocycles. The summed E-state index contributed by atoms with van der Waals surface area (Å²) in [4.78, 5) is 0.287. The molecule has 106 valence electrons. The number of aliphatic hydroxyl groups excluding tert-OH is 1. The van der Waals surface area contributed by atoms with Crippen LogP contribution in [-0.2, 0) is 9.84 Å². The van der Waals surface area contributed by atoms with Crippen LogP contribution >= 0.6 is 0 Å². The van der Waals surface area contributed by atoms with Crippen LogP contribution in [0.1, 0.15) is 37.7 Å². The zero-order valence-electron chi connectivity index (χ0n) is 11.5. The summed E-state index contributed by atoms with van der Waals surface area (Å²) in [6, 6.07) is 6.74. The Morgan fingerprint density at radius 2 is 1.79 bits per heavy atom. The van der Waals surface area contributed by atoms with Gasteiger partial charge in [0.2, 0.25) is 0 Å². The van der Waals surface area contributed by atoms with Crippen LogP contribution in [0.15, 0.2) is 29.2 Å². The highest BCUT2D eigenvalue weighted by Gasteiger charge is 2.19. The van der Waals surface area contributed by atoms with Crippen molar-refractivity contribution >= 4 is 9.84 Å². The van der Waals surface area contributed by atoms with E-state index in [4.69, 9.17) is 0 Å². The summed E-state index contributed by atoms with van der Waals surface area (Å²) in [6.07, 6.45) is 3.50. The van der Waals surface area contributed by atoms with Crippen molar-refractivity contribution in [2.45, 2.75) is 50.0 Å². The van der Waals surface area contributed by atoms with Crippen molar-refractivity contribution in [3.63, 3.8) is 0 Å². The van der Waals surface area contributed by atoms with Crippen molar-refractivity contribution < 1.29 is 13.5 Å². The second kappa shape index (κ2) is 7.56. The maximum atomic E-state index is 12.1. The first-order valence-corrected chi connectivity index (χ1v) is 8.37. The van der Waals surface area contributed by atoms with Crippen molar-refractivity contribution in [2.24, 2.45) is 0 Å². The normalized spacial score (nSPS) is 13.4. The fraction of sp³-hybridized carbons (Fsp3) is 0.533. The Hall–Kier alpha value is -1.00. The van der Waals surface area contributed by atoms with Gasteiger partial charge in [0.05, 0.1) is 30.1 Å². The van der Waals surface area contributed by atoms with Gasteiger partial charge < -0.3 is 5.11 Å². The van der Waals surface area contributed by atoms with Crippen LogP contribution in [0.2, 0.25) is 0 Å². The number of benzene rings is 1. The van der Waals surface area contributed by atoms with E-state index in [0.717, 1.165) is 31.2 Å². The molecule has 0 aliphatic carbocycles. The maximum Gasteiger partial charge on any atom is 0.180 e. The van der Waals surface area contributed by atoms with E-state index in [0.29, 0.717) is 6.42 Å². The van der Waals surface area contributed by atoms with Crippen molar-refractivity contribution in [3.05, 3.63) is 36.8 Å². The van der Waals surface area contributed by atoms with Gasteiger partial charge in [0.15, 0.2) is 9.84 Å². The highest BCUT2D eigenvalue weighted by Crippen LogP contribution is 2.15. The highest BCUT2D eigenvalue weighted by molar-refractivity contribution is 7.91. The molecule has 0 fully saturated rings. The number of aryl methyl sites for hydroxylation is 1. The van der Waals surface area contributed by atoms with Gasteiger partial charge in [-0.25, -0.2) is 8.42 Å². The van der Waals surface area contributed by atoms with Crippen LogP contribution in [0.5, 0.6) is 0 Å². The van der Waals surface area contributed by atoms with E-state index in [1.807, 2.05) is 6.92 Å². The summed E-state index contributed by atoms with van der Waals surface area (Å²) in [6.45, 7) is 5.66. The third-order valence-electron chi connectivity index (χ3n) is 3.08. The molecule has 1 aromatic carbocycles. The lowest BCUT2D eigenvalue weighted by Gasteiger charge is -2.11. The molecule has 1 atom stereocenters. The molecule has 1 rings (SSSR count). The van der Waals surface area contributed by atoms with Gasteiger partial charge in [-0.1, -0.05) is 24.1 Å². The monoisotopic (exact) mass is 283 g/mol. The van der Waals surface area contributed by atoms with E-state index in [-0.39, 0.29) is 10.6 Å². The van der Waals surface area contributed by atoms with E-state index in [1.165, 1.54) is 0 Å². The van der Waals surface area contributed by atoms with Crippen LogP contribution < -0.4 is 0 Å². The third kappa shape index (κ3) is 5.66. The number of unbranched alkanes of at least 4 members (excludes halogenated alkanes) is 3. The van der Waals surface area contributed by atoms with Gasteiger partial charge in [-0.05, 0) is 38.3 Å². The predicted molar refractivity (Wildman–Crippen MR) is 77.7 cm³/mol. The van der Waals surface area contributed by atoms with E-state index in [1.54, 1.807) is 24.3 Å². The number of rotatable bonds is 8. The average molecular weight is 283 g/mol. The SMILES string of the molecule is [CH2+]CCCCCC(O)CS(=O)(=O)c1ccc(C)cc1. The number of sulfone groups is 1. The lowest BCUT2D eigenvalue weighted by atomic mass is 10.1. The molecule has 19 heavy (non-hydrogen) atoms. The smallest absolute Gasteiger partial charge is 0.180 e. The third-order valence-corrected chi connectivity index (χ3v) is 4.89. The number of hydrogen-bond acceptors (Lipinski definition) is 3. The van der Waals surface area contributed by atoms with Crippen molar-refractivity contribution in [1.29, 1.82) is 0 Å². The molecule has 0 saturated carbocycles. The summed E-state index contributed by atoms with van der Waals surface area (Å²) in [5, 5.41) is 9.81. The first-order chi connectivity index (χ1) is 8.95. The number of aliphatic hydroxyl groups is 1. The molecule has 0 aromatic heterocycles. The van der Waals surface area contributed by atoms with E-state index in [2.05, 4.69) is 6.92 Å². The molecule has 0 saturated heterocycles. The summed E-state index contributed by atoms with van der Waals surface area (Å²) in [5.74, 6) is -0.194. The van der Waals surface area contributed by atoms with Gasteiger partial charge in [0.1, 0.15) is 0 Å². The summed E-state index contributed by atoms with van der Waals surface area (Å²) in [5.41, 5.74) is 1.02. The quantitative estimate of drug-likeness (QED) is 0.589. The van der Waals surface area contributed by atoms with E-state index in [9.17, 15) is 13.5 Å². The second-order valence-corrected chi connectivity index (χ2v) is 6.99. The largest absolute Gasteiger partial charge is 0.392 e. The van der Waals surface area contributed by atoms with Crippen LogP contribution in [0.4, 0.5) is 0 Å². The minimum Gasteiger partial charge on any atom is -0.392 e. The molecule has 0 radical (unpaired) electrons. The first-order valence-electron chi connectivity index (χ1n) is 6.72. The number of hydrogen-bond donors (Lipinski definition) is 1. The molecule has 4 heteroatoms. The molecule has 0 spiro atoms. The topological polar surface area (TPSA) is 54.4 Å². The Kier molecular flexibility index (Phi) is 6.38. The Balaban J connectivity index is 2.52. The first kappa shape index (κ1) is 16.1. The summed E-state index contributed by atoms with van der Waals surface area (Å²) in [7, 11) is -3.38. The molecule has 3 nitrogen and oxygen atoms in total.